The van der Waals surface area contributed by atoms with Crippen molar-refractivity contribution in [3.05, 3.63) is 0 Å². The van der Waals surface area contributed by atoms with Gasteiger partial charge in [-0.15, -0.1) is 24.0 Å². The highest BCUT2D eigenvalue weighted by molar-refractivity contribution is 14.0. The standard InChI is InChI=1S/C16H29F3N4O2.HI/c1-4-20-15(21-8-11-22(3)12-16(17,18)19)23-9-6-13(7-10-23)14(24)25-5-2;/h13H,4-12H2,1-3H3,(H,20,21);1H. The second kappa shape index (κ2) is 12.6. The predicted molar refractivity (Wildman–Crippen MR) is 106 cm³/mol. The summed E-state index contributed by atoms with van der Waals surface area (Å²) in [4.78, 5) is 19.5. The quantitative estimate of drug-likeness (QED) is 0.255. The van der Waals surface area contributed by atoms with E-state index in [1.54, 1.807) is 6.92 Å². The Hall–Kier alpha value is -0.780. The van der Waals surface area contributed by atoms with Crippen molar-refractivity contribution < 1.29 is 22.7 Å². The van der Waals surface area contributed by atoms with Gasteiger partial charge in [-0.1, -0.05) is 0 Å². The molecule has 1 N–H and O–H groups in total. The van der Waals surface area contributed by atoms with Crippen molar-refractivity contribution in [2.24, 2.45) is 10.9 Å². The number of rotatable bonds is 7. The first-order valence-corrected chi connectivity index (χ1v) is 8.72. The molecule has 1 aliphatic rings. The van der Waals surface area contributed by atoms with Crippen LogP contribution in [0.15, 0.2) is 4.99 Å². The third-order valence-electron chi connectivity index (χ3n) is 3.94. The lowest BCUT2D eigenvalue weighted by Crippen LogP contribution is -2.47. The maximum Gasteiger partial charge on any atom is 0.401 e. The van der Waals surface area contributed by atoms with Crippen LogP contribution in [-0.2, 0) is 9.53 Å². The molecule has 0 bridgehead atoms. The first kappa shape index (κ1) is 25.2. The molecule has 0 spiro atoms. The Morgan fingerprint density at radius 1 is 1.31 bits per heavy atom. The number of carbonyl (C=O) groups is 1. The third-order valence-corrected chi connectivity index (χ3v) is 3.94. The van der Waals surface area contributed by atoms with Crippen LogP contribution in [0.25, 0.3) is 0 Å². The van der Waals surface area contributed by atoms with Crippen molar-refractivity contribution in [3.63, 3.8) is 0 Å². The van der Waals surface area contributed by atoms with Gasteiger partial charge in [0.1, 0.15) is 0 Å². The van der Waals surface area contributed by atoms with E-state index >= 15 is 0 Å². The van der Waals surface area contributed by atoms with Crippen molar-refractivity contribution in [1.29, 1.82) is 0 Å². The predicted octanol–water partition coefficient (Wildman–Crippen LogP) is 2.34. The van der Waals surface area contributed by atoms with E-state index in [9.17, 15) is 18.0 Å². The topological polar surface area (TPSA) is 57.2 Å². The zero-order valence-electron chi connectivity index (χ0n) is 15.6. The van der Waals surface area contributed by atoms with Gasteiger partial charge in [0.25, 0.3) is 0 Å². The summed E-state index contributed by atoms with van der Waals surface area (Å²) in [5.41, 5.74) is 0. The molecule has 1 heterocycles. The number of carbonyl (C=O) groups excluding carboxylic acids is 1. The number of guanidine groups is 1. The second-order valence-corrected chi connectivity index (χ2v) is 6.10. The largest absolute Gasteiger partial charge is 0.466 e. The molecule has 6 nitrogen and oxygen atoms in total. The molecule has 0 aromatic carbocycles. The van der Waals surface area contributed by atoms with Crippen molar-refractivity contribution in [3.8, 4) is 0 Å². The van der Waals surface area contributed by atoms with E-state index in [2.05, 4.69) is 10.3 Å². The number of hydrogen-bond donors (Lipinski definition) is 1. The van der Waals surface area contributed by atoms with E-state index in [-0.39, 0.29) is 49.0 Å². The summed E-state index contributed by atoms with van der Waals surface area (Å²) >= 11 is 0. The van der Waals surface area contributed by atoms with Gasteiger partial charge in [0, 0.05) is 26.2 Å². The summed E-state index contributed by atoms with van der Waals surface area (Å²) in [5, 5.41) is 3.16. The summed E-state index contributed by atoms with van der Waals surface area (Å²) in [6.45, 7) is 5.71. The average Bonchev–Trinajstić information content (AvgIpc) is 2.53. The van der Waals surface area contributed by atoms with Crippen molar-refractivity contribution in [2.75, 3.05) is 52.9 Å². The molecule has 0 saturated carbocycles. The Bertz CT molecular complexity index is 442. The van der Waals surface area contributed by atoms with E-state index in [1.165, 1.54) is 11.9 Å². The van der Waals surface area contributed by atoms with Crippen LogP contribution in [0, 0.1) is 5.92 Å². The molecule has 0 atom stereocenters. The highest BCUT2D eigenvalue weighted by atomic mass is 127. The van der Waals surface area contributed by atoms with Crippen LogP contribution in [-0.4, -0.2) is 80.8 Å². The molecule has 1 saturated heterocycles. The summed E-state index contributed by atoms with van der Waals surface area (Å²) in [7, 11) is 1.43. The molecule has 1 fully saturated rings. The molecule has 1 aliphatic heterocycles. The second-order valence-electron chi connectivity index (χ2n) is 6.10. The van der Waals surface area contributed by atoms with Crippen molar-refractivity contribution >= 4 is 35.9 Å². The highest BCUT2D eigenvalue weighted by Crippen LogP contribution is 2.19. The first-order valence-electron chi connectivity index (χ1n) is 8.72. The van der Waals surface area contributed by atoms with Gasteiger partial charge in [-0.25, -0.2) is 0 Å². The van der Waals surface area contributed by atoms with Gasteiger partial charge in [0.05, 0.1) is 25.6 Å². The summed E-state index contributed by atoms with van der Waals surface area (Å²) in [6.07, 6.45) is -2.81. The van der Waals surface area contributed by atoms with E-state index < -0.39 is 12.7 Å². The van der Waals surface area contributed by atoms with Crippen LogP contribution in [0.5, 0.6) is 0 Å². The minimum atomic E-state index is -4.20. The van der Waals surface area contributed by atoms with Gasteiger partial charge in [0.2, 0.25) is 0 Å². The number of alkyl halides is 3. The molecule has 10 heteroatoms. The number of nitrogens with zero attached hydrogens (tertiary/aromatic N) is 3. The maximum atomic E-state index is 12.3. The van der Waals surface area contributed by atoms with Gasteiger partial charge in [0.15, 0.2) is 5.96 Å². The fraction of sp³-hybridized carbons (Fsp3) is 0.875. The number of hydrogen-bond acceptors (Lipinski definition) is 4. The number of likely N-dealkylation sites (N-methyl/N-ethyl adjacent to an activating group) is 1. The minimum absolute atomic E-state index is 0. The van der Waals surface area contributed by atoms with Crippen molar-refractivity contribution in [2.45, 2.75) is 32.9 Å². The van der Waals surface area contributed by atoms with Gasteiger partial charge >= 0.3 is 12.1 Å². The molecule has 0 amide bonds. The Kier molecular flexibility index (Phi) is 12.2. The Morgan fingerprint density at radius 2 is 1.92 bits per heavy atom. The summed E-state index contributed by atoms with van der Waals surface area (Å²) in [5.74, 6) is 0.445. The zero-order chi connectivity index (χ0) is 18.9. The van der Waals surface area contributed by atoms with Gasteiger partial charge < -0.3 is 15.0 Å². The SMILES string of the molecule is CCNC(=NCCN(C)CC(F)(F)F)N1CCC(C(=O)OCC)CC1.I. The molecule has 26 heavy (non-hydrogen) atoms. The number of piperidine rings is 1. The Labute approximate surface area is 170 Å². The first-order chi connectivity index (χ1) is 11.8. The van der Waals surface area contributed by atoms with E-state index in [0.717, 1.165) is 0 Å². The van der Waals surface area contributed by atoms with Crippen LogP contribution < -0.4 is 5.32 Å². The van der Waals surface area contributed by atoms with Gasteiger partial charge in [-0.05, 0) is 33.7 Å². The van der Waals surface area contributed by atoms with Gasteiger partial charge in [-0.2, -0.15) is 13.2 Å². The maximum absolute atomic E-state index is 12.3. The number of halogens is 4. The molecule has 154 valence electrons. The molecule has 1 rings (SSSR count). The Morgan fingerprint density at radius 3 is 2.42 bits per heavy atom. The minimum Gasteiger partial charge on any atom is -0.466 e. The lowest BCUT2D eigenvalue weighted by Gasteiger charge is -2.33. The number of aliphatic imine (C=N–C) groups is 1. The van der Waals surface area contributed by atoms with Crippen LogP contribution >= 0.6 is 24.0 Å². The lowest BCUT2D eigenvalue weighted by molar-refractivity contribution is -0.149. The van der Waals surface area contributed by atoms with Crippen LogP contribution in [0.3, 0.4) is 0 Å². The smallest absolute Gasteiger partial charge is 0.401 e. The highest BCUT2D eigenvalue weighted by Gasteiger charge is 2.29. The van der Waals surface area contributed by atoms with Crippen molar-refractivity contribution in [1.82, 2.24) is 15.1 Å². The molecular formula is C16H30F3IN4O2. The molecular weight excluding hydrogens is 464 g/mol. The number of esters is 1. The number of nitrogens with one attached hydrogen (secondary N) is 1. The Balaban J connectivity index is 0.00000625. The summed E-state index contributed by atoms with van der Waals surface area (Å²) < 4.78 is 42.0. The zero-order valence-corrected chi connectivity index (χ0v) is 18.0. The molecule has 0 aromatic rings. The van der Waals surface area contributed by atoms with E-state index in [4.69, 9.17) is 4.74 Å². The monoisotopic (exact) mass is 494 g/mol. The summed E-state index contributed by atoms with van der Waals surface area (Å²) in [6, 6.07) is 0. The fourth-order valence-electron chi connectivity index (χ4n) is 2.72. The number of likely N-dealkylation sites (tertiary alicyclic amines) is 1. The van der Waals surface area contributed by atoms with E-state index in [1.807, 2.05) is 11.8 Å². The molecule has 0 aliphatic carbocycles. The van der Waals surface area contributed by atoms with Crippen LogP contribution in [0.4, 0.5) is 13.2 Å². The van der Waals surface area contributed by atoms with Crippen LogP contribution in [0.1, 0.15) is 26.7 Å². The van der Waals surface area contributed by atoms with E-state index in [0.29, 0.717) is 45.0 Å². The molecule has 0 unspecified atom stereocenters. The molecule has 0 radical (unpaired) electrons. The molecule has 0 aromatic heterocycles. The third kappa shape index (κ3) is 9.79. The fourth-order valence-corrected chi connectivity index (χ4v) is 2.72. The van der Waals surface area contributed by atoms with Gasteiger partial charge in [-0.3, -0.25) is 14.7 Å². The lowest BCUT2D eigenvalue weighted by atomic mass is 9.97. The van der Waals surface area contributed by atoms with Crippen LogP contribution in [0.2, 0.25) is 0 Å². The average molecular weight is 494 g/mol. The normalized spacial score (nSPS) is 16.4. The number of ether oxygens (including phenoxy) is 1.